The van der Waals surface area contributed by atoms with Crippen molar-refractivity contribution in [3.8, 4) is 17.2 Å². The van der Waals surface area contributed by atoms with Crippen molar-refractivity contribution in [2.24, 2.45) is 0 Å². The topological polar surface area (TPSA) is 56.8 Å². The molecule has 0 unspecified atom stereocenters. The molecule has 86 valence electrons. The number of benzene rings is 1. The quantitative estimate of drug-likeness (QED) is 0.828. The first-order valence-electron chi connectivity index (χ1n) is 4.98. The van der Waals surface area contributed by atoms with Crippen LogP contribution in [0.2, 0.25) is 0 Å². The number of likely N-dealkylation sites (N-methyl/N-ethyl adjacent to an activating group) is 1. The number of nitrogens with one attached hydrogen (secondary N) is 1. The van der Waals surface area contributed by atoms with Crippen molar-refractivity contribution in [2.45, 2.75) is 13.0 Å². The van der Waals surface area contributed by atoms with Gasteiger partial charge in [-0.3, -0.25) is 4.79 Å². The summed E-state index contributed by atoms with van der Waals surface area (Å²) in [6.07, 6.45) is -0.537. The van der Waals surface area contributed by atoms with Crippen LogP contribution in [0.3, 0.4) is 0 Å². The van der Waals surface area contributed by atoms with E-state index in [0.717, 1.165) is 0 Å². The number of ether oxygens (including phenoxy) is 3. The third-order valence-electron chi connectivity index (χ3n) is 2.27. The smallest absolute Gasteiger partial charge is 0.260 e. The molecule has 1 heterocycles. The van der Waals surface area contributed by atoms with Crippen molar-refractivity contribution >= 4 is 5.91 Å². The molecule has 1 atom stereocenters. The van der Waals surface area contributed by atoms with Crippen LogP contribution in [0, 0.1) is 0 Å². The Balaban J connectivity index is 2.08. The van der Waals surface area contributed by atoms with Gasteiger partial charge in [-0.05, 0) is 19.1 Å². The summed E-state index contributed by atoms with van der Waals surface area (Å²) in [6.45, 7) is 1.91. The molecule has 1 aliphatic rings. The maximum absolute atomic E-state index is 11.3. The predicted molar refractivity (Wildman–Crippen MR) is 56.7 cm³/mol. The SMILES string of the molecule is CNC(=O)[C@@H](C)Oc1ccc2c(c1)OCO2. The molecule has 1 amide bonds. The predicted octanol–water partition coefficient (Wildman–Crippen LogP) is 0.929. The van der Waals surface area contributed by atoms with Gasteiger partial charge >= 0.3 is 0 Å². The molecule has 1 aliphatic heterocycles. The van der Waals surface area contributed by atoms with E-state index < -0.39 is 6.10 Å². The number of fused-ring (bicyclic) bond motifs is 1. The maximum Gasteiger partial charge on any atom is 0.260 e. The Morgan fingerprint density at radius 1 is 1.44 bits per heavy atom. The fourth-order valence-electron chi connectivity index (χ4n) is 1.41. The molecule has 1 N–H and O–H groups in total. The molecule has 2 rings (SSSR count). The average Bonchev–Trinajstić information content (AvgIpc) is 2.75. The Labute approximate surface area is 93.3 Å². The van der Waals surface area contributed by atoms with E-state index >= 15 is 0 Å². The van der Waals surface area contributed by atoms with Crippen LogP contribution in [0.5, 0.6) is 17.2 Å². The normalized spacial score (nSPS) is 14.4. The van der Waals surface area contributed by atoms with Crippen molar-refractivity contribution in [1.82, 2.24) is 5.32 Å². The van der Waals surface area contributed by atoms with Crippen molar-refractivity contribution in [3.05, 3.63) is 18.2 Å². The van der Waals surface area contributed by atoms with E-state index in [1.807, 2.05) is 0 Å². The summed E-state index contributed by atoms with van der Waals surface area (Å²) in [6, 6.07) is 5.21. The first kappa shape index (κ1) is 10.6. The van der Waals surface area contributed by atoms with Gasteiger partial charge in [0.25, 0.3) is 5.91 Å². The second-order valence-electron chi connectivity index (χ2n) is 3.39. The van der Waals surface area contributed by atoms with Crippen molar-refractivity contribution in [2.75, 3.05) is 13.8 Å². The molecule has 1 aromatic rings. The molecule has 5 nitrogen and oxygen atoms in total. The van der Waals surface area contributed by atoms with Gasteiger partial charge in [0.1, 0.15) is 5.75 Å². The molecule has 5 heteroatoms. The van der Waals surface area contributed by atoms with Gasteiger partial charge in [-0.15, -0.1) is 0 Å². The van der Waals surface area contributed by atoms with Crippen LogP contribution in [0.1, 0.15) is 6.92 Å². The summed E-state index contributed by atoms with van der Waals surface area (Å²) in [5.41, 5.74) is 0. The second kappa shape index (κ2) is 4.30. The maximum atomic E-state index is 11.3. The van der Waals surface area contributed by atoms with Crippen LogP contribution < -0.4 is 19.5 Å². The van der Waals surface area contributed by atoms with Gasteiger partial charge in [0, 0.05) is 13.1 Å². The Kier molecular flexibility index (Phi) is 2.85. The van der Waals surface area contributed by atoms with E-state index in [0.29, 0.717) is 17.2 Å². The van der Waals surface area contributed by atoms with Gasteiger partial charge in [0.2, 0.25) is 6.79 Å². The second-order valence-corrected chi connectivity index (χ2v) is 3.39. The third kappa shape index (κ3) is 2.03. The minimum atomic E-state index is -0.537. The highest BCUT2D eigenvalue weighted by Gasteiger charge is 2.17. The zero-order chi connectivity index (χ0) is 11.5. The number of carbonyl (C=O) groups excluding carboxylic acids is 1. The molecule has 0 aliphatic carbocycles. The van der Waals surface area contributed by atoms with Gasteiger partial charge in [-0.2, -0.15) is 0 Å². The molecule has 0 saturated heterocycles. The Bertz CT molecular complexity index is 405. The standard InChI is InChI=1S/C11H13NO4/c1-7(11(13)12-2)16-8-3-4-9-10(5-8)15-6-14-9/h3-5,7H,6H2,1-2H3,(H,12,13)/t7-/m1/s1. The summed E-state index contributed by atoms with van der Waals surface area (Å²) in [5.74, 6) is 1.75. The van der Waals surface area contributed by atoms with Gasteiger partial charge in [0.05, 0.1) is 0 Å². The average molecular weight is 223 g/mol. The Morgan fingerprint density at radius 3 is 2.94 bits per heavy atom. The van der Waals surface area contributed by atoms with Gasteiger partial charge < -0.3 is 19.5 Å². The lowest BCUT2D eigenvalue weighted by Crippen LogP contribution is -2.33. The van der Waals surface area contributed by atoms with E-state index in [1.165, 1.54) is 0 Å². The molecule has 0 spiro atoms. The summed E-state index contributed by atoms with van der Waals surface area (Å²) in [4.78, 5) is 11.3. The van der Waals surface area contributed by atoms with E-state index in [1.54, 1.807) is 32.2 Å². The van der Waals surface area contributed by atoms with E-state index in [-0.39, 0.29) is 12.7 Å². The van der Waals surface area contributed by atoms with Gasteiger partial charge in [-0.25, -0.2) is 0 Å². The number of hydrogen-bond acceptors (Lipinski definition) is 4. The van der Waals surface area contributed by atoms with Crippen LogP contribution in [0.4, 0.5) is 0 Å². The van der Waals surface area contributed by atoms with E-state index in [2.05, 4.69) is 5.32 Å². The number of carbonyl (C=O) groups is 1. The first-order valence-corrected chi connectivity index (χ1v) is 4.98. The third-order valence-corrected chi connectivity index (χ3v) is 2.27. The molecule has 0 aromatic heterocycles. The van der Waals surface area contributed by atoms with Crippen LogP contribution >= 0.6 is 0 Å². The lowest BCUT2D eigenvalue weighted by molar-refractivity contribution is -0.126. The molecule has 0 saturated carbocycles. The van der Waals surface area contributed by atoms with Gasteiger partial charge in [-0.1, -0.05) is 0 Å². The van der Waals surface area contributed by atoms with Crippen LogP contribution in [0.15, 0.2) is 18.2 Å². The fraction of sp³-hybridized carbons (Fsp3) is 0.364. The molecular formula is C11H13NO4. The van der Waals surface area contributed by atoms with E-state index in [4.69, 9.17) is 14.2 Å². The van der Waals surface area contributed by atoms with Crippen LogP contribution in [-0.2, 0) is 4.79 Å². The number of hydrogen-bond donors (Lipinski definition) is 1. The van der Waals surface area contributed by atoms with Crippen molar-refractivity contribution in [3.63, 3.8) is 0 Å². The monoisotopic (exact) mass is 223 g/mol. The zero-order valence-corrected chi connectivity index (χ0v) is 9.15. The van der Waals surface area contributed by atoms with Crippen LogP contribution in [0.25, 0.3) is 0 Å². The molecule has 0 fully saturated rings. The van der Waals surface area contributed by atoms with E-state index in [9.17, 15) is 4.79 Å². The molecule has 0 bridgehead atoms. The highest BCUT2D eigenvalue weighted by atomic mass is 16.7. The minimum absolute atomic E-state index is 0.169. The van der Waals surface area contributed by atoms with Crippen molar-refractivity contribution < 1.29 is 19.0 Å². The first-order chi connectivity index (χ1) is 7.70. The summed E-state index contributed by atoms with van der Waals surface area (Å²) >= 11 is 0. The van der Waals surface area contributed by atoms with Crippen molar-refractivity contribution in [1.29, 1.82) is 0 Å². The Hall–Kier alpha value is -1.91. The van der Waals surface area contributed by atoms with Gasteiger partial charge in [0.15, 0.2) is 17.6 Å². The molecule has 0 radical (unpaired) electrons. The molecular weight excluding hydrogens is 210 g/mol. The Morgan fingerprint density at radius 2 is 2.19 bits per heavy atom. The molecule has 16 heavy (non-hydrogen) atoms. The lowest BCUT2D eigenvalue weighted by Gasteiger charge is -2.13. The lowest BCUT2D eigenvalue weighted by atomic mass is 10.3. The molecule has 1 aromatic carbocycles. The zero-order valence-electron chi connectivity index (χ0n) is 9.15. The summed E-state index contributed by atoms with van der Waals surface area (Å²) in [5, 5.41) is 2.52. The fourth-order valence-corrected chi connectivity index (χ4v) is 1.41. The minimum Gasteiger partial charge on any atom is -0.481 e. The highest BCUT2D eigenvalue weighted by Crippen LogP contribution is 2.35. The summed E-state index contributed by atoms with van der Waals surface area (Å²) in [7, 11) is 1.57. The summed E-state index contributed by atoms with van der Waals surface area (Å²) < 4.78 is 15.8. The number of rotatable bonds is 3. The largest absolute Gasteiger partial charge is 0.481 e. The highest BCUT2D eigenvalue weighted by molar-refractivity contribution is 5.80. The van der Waals surface area contributed by atoms with Crippen LogP contribution in [-0.4, -0.2) is 25.9 Å². The number of amides is 1.